The molecule has 2 aromatic rings. The Kier molecular flexibility index (Phi) is 4.69. The molecule has 0 radical (unpaired) electrons. The van der Waals surface area contributed by atoms with Crippen molar-refractivity contribution >= 4 is 21.4 Å². The highest BCUT2D eigenvalue weighted by Crippen LogP contribution is 2.20. The molecule has 0 aliphatic heterocycles. The van der Waals surface area contributed by atoms with Crippen LogP contribution in [0.2, 0.25) is 0 Å². The average molecular weight is 313 g/mol. The third kappa shape index (κ3) is 3.75. The second-order valence-electron chi connectivity index (χ2n) is 4.20. The molecule has 0 atom stereocenters. The number of nitrogens with zero attached hydrogens (tertiary/aromatic N) is 2. The van der Waals surface area contributed by atoms with E-state index in [-0.39, 0.29) is 12.1 Å². The fourth-order valence-electron chi connectivity index (χ4n) is 1.62. The number of hydrogen-bond acceptors (Lipinski definition) is 5. The summed E-state index contributed by atoms with van der Waals surface area (Å²) in [6, 6.07) is 6.35. The van der Waals surface area contributed by atoms with Crippen LogP contribution in [0.25, 0.3) is 0 Å². The Morgan fingerprint density at radius 1 is 1.35 bits per heavy atom. The van der Waals surface area contributed by atoms with Crippen LogP contribution < -0.4 is 10.3 Å². The number of hydrogen-bond donors (Lipinski definition) is 1. The van der Waals surface area contributed by atoms with Crippen molar-refractivity contribution in [2.45, 2.75) is 24.1 Å². The van der Waals surface area contributed by atoms with E-state index >= 15 is 0 Å². The van der Waals surface area contributed by atoms with Crippen molar-refractivity contribution < 1.29 is 8.42 Å². The van der Waals surface area contributed by atoms with Gasteiger partial charge in [-0.15, -0.1) is 11.3 Å². The molecule has 0 bridgehead atoms. The Morgan fingerprint density at radius 2 is 2.15 bits per heavy atom. The van der Waals surface area contributed by atoms with Gasteiger partial charge in [0.05, 0.1) is 0 Å². The van der Waals surface area contributed by atoms with Gasteiger partial charge in [0, 0.05) is 30.2 Å². The topological polar surface area (TPSA) is 81.1 Å². The van der Waals surface area contributed by atoms with Gasteiger partial charge in [-0.3, -0.25) is 4.79 Å². The summed E-state index contributed by atoms with van der Waals surface area (Å²) in [5.41, 5.74) is -0.191. The minimum Gasteiger partial charge on any atom is -0.268 e. The maximum atomic E-state index is 11.9. The summed E-state index contributed by atoms with van der Waals surface area (Å²) in [6.45, 7) is 2.51. The van der Waals surface area contributed by atoms with Gasteiger partial charge in [0.2, 0.25) is 10.0 Å². The first kappa shape index (κ1) is 14.9. The highest BCUT2D eigenvalue weighted by Gasteiger charge is 2.15. The molecule has 2 aromatic heterocycles. The molecule has 2 rings (SSSR count). The highest BCUT2D eigenvalue weighted by molar-refractivity contribution is 7.91. The van der Waals surface area contributed by atoms with Crippen molar-refractivity contribution in [2.75, 3.05) is 6.54 Å². The van der Waals surface area contributed by atoms with Crippen LogP contribution in [0, 0.1) is 6.92 Å². The average Bonchev–Trinajstić information content (AvgIpc) is 2.84. The Bertz CT molecular complexity index is 734. The molecule has 1 N–H and O–H groups in total. The molecular formula is C12H15N3O3S2. The summed E-state index contributed by atoms with van der Waals surface area (Å²) in [7, 11) is -3.44. The molecule has 0 spiro atoms. The summed E-state index contributed by atoms with van der Waals surface area (Å²) >= 11 is 1.23. The van der Waals surface area contributed by atoms with E-state index < -0.39 is 10.0 Å². The van der Waals surface area contributed by atoms with E-state index in [4.69, 9.17) is 0 Å². The molecule has 2 heterocycles. The van der Waals surface area contributed by atoms with Gasteiger partial charge < -0.3 is 0 Å². The van der Waals surface area contributed by atoms with Crippen molar-refractivity contribution in [2.24, 2.45) is 0 Å². The standard InChI is InChI=1S/C12H15N3O3S2/c1-10-5-6-12(19-10)20(17,18)14-8-3-9-15-11(16)4-2-7-13-15/h2,4-7,14H,3,8-9H2,1H3. The van der Waals surface area contributed by atoms with Crippen molar-refractivity contribution in [3.63, 3.8) is 0 Å². The predicted octanol–water partition coefficient (Wildman–Crippen LogP) is 0.982. The molecule has 0 aromatic carbocycles. The number of thiophene rings is 1. The first-order valence-corrected chi connectivity index (χ1v) is 8.37. The van der Waals surface area contributed by atoms with Crippen LogP contribution in [0.1, 0.15) is 11.3 Å². The van der Waals surface area contributed by atoms with Crippen LogP contribution in [0.3, 0.4) is 0 Å². The van der Waals surface area contributed by atoms with Crippen LogP contribution >= 0.6 is 11.3 Å². The van der Waals surface area contributed by atoms with Crippen LogP contribution in [0.15, 0.2) is 39.5 Å². The quantitative estimate of drug-likeness (QED) is 0.806. The van der Waals surface area contributed by atoms with Crippen molar-refractivity contribution in [3.05, 3.63) is 45.7 Å². The van der Waals surface area contributed by atoms with Crippen molar-refractivity contribution in [1.29, 1.82) is 0 Å². The van der Waals surface area contributed by atoms with E-state index in [9.17, 15) is 13.2 Å². The van der Waals surface area contributed by atoms with Crippen LogP contribution in [0.5, 0.6) is 0 Å². The van der Waals surface area contributed by atoms with Crippen LogP contribution in [0.4, 0.5) is 0 Å². The first-order chi connectivity index (χ1) is 9.49. The lowest BCUT2D eigenvalue weighted by atomic mass is 10.4. The van der Waals surface area contributed by atoms with Gasteiger partial charge in [-0.05, 0) is 31.5 Å². The molecule has 0 aliphatic carbocycles. The summed E-state index contributed by atoms with van der Waals surface area (Å²) in [6.07, 6.45) is 2.03. The second kappa shape index (κ2) is 6.29. The summed E-state index contributed by atoms with van der Waals surface area (Å²) in [4.78, 5) is 12.3. The van der Waals surface area contributed by atoms with Gasteiger partial charge in [-0.2, -0.15) is 5.10 Å². The molecule has 0 saturated heterocycles. The van der Waals surface area contributed by atoms with Gasteiger partial charge in [0.1, 0.15) is 4.21 Å². The third-order valence-corrected chi connectivity index (χ3v) is 5.56. The number of aromatic nitrogens is 2. The van der Waals surface area contributed by atoms with E-state index in [0.717, 1.165) is 4.88 Å². The number of rotatable bonds is 6. The molecule has 0 aliphatic rings. The van der Waals surface area contributed by atoms with E-state index in [2.05, 4.69) is 9.82 Å². The lowest BCUT2D eigenvalue weighted by Gasteiger charge is -2.05. The minimum absolute atomic E-state index is 0.191. The molecule has 0 fully saturated rings. The van der Waals surface area contributed by atoms with Crippen LogP contribution in [-0.4, -0.2) is 24.7 Å². The van der Waals surface area contributed by atoms with E-state index in [1.165, 1.54) is 28.3 Å². The largest absolute Gasteiger partial charge is 0.268 e. The Labute approximate surface area is 121 Å². The first-order valence-electron chi connectivity index (χ1n) is 6.07. The number of aryl methyl sites for hydroxylation is 2. The van der Waals surface area contributed by atoms with Gasteiger partial charge >= 0.3 is 0 Å². The molecule has 0 saturated carbocycles. The molecule has 108 valence electrons. The van der Waals surface area contributed by atoms with Gasteiger partial charge in [0.25, 0.3) is 5.56 Å². The van der Waals surface area contributed by atoms with E-state index in [1.807, 2.05) is 6.92 Å². The molecule has 20 heavy (non-hydrogen) atoms. The number of nitrogens with one attached hydrogen (secondary N) is 1. The summed E-state index contributed by atoms with van der Waals surface area (Å²) < 4.78 is 28.0. The maximum Gasteiger partial charge on any atom is 0.266 e. The SMILES string of the molecule is Cc1ccc(S(=O)(=O)NCCCn2ncccc2=O)s1. The Hall–Kier alpha value is -1.51. The molecule has 0 unspecified atom stereocenters. The van der Waals surface area contributed by atoms with Crippen molar-refractivity contribution in [3.8, 4) is 0 Å². The predicted molar refractivity (Wildman–Crippen MR) is 77.4 cm³/mol. The fraction of sp³-hybridized carbons (Fsp3) is 0.333. The summed E-state index contributed by atoms with van der Waals surface area (Å²) in [5, 5.41) is 3.90. The lowest BCUT2D eigenvalue weighted by molar-refractivity contribution is 0.535. The Morgan fingerprint density at radius 3 is 2.80 bits per heavy atom. The summed E-state index contributed by atoms with van der Waals surface area (Å²) in [5.74, 6) is 0. The molecular weight excluding hydrogens is 298 g/mol. The zero-order chi connectivity index (χ0) is 14.6. The number of sulfonamides is 1. The fourth-order valence-corrected chi connectivity index (χ4v) is 4.02. The van der Waals surface area contributed by atoms with Crippen molar-refractivity contribution in [1.82, 2.24) is 14.5 Å². The normalized spacial score (nSPS) is 11.7. The highest BCUT2D eigenvalue weighted by atomic mass is 32.2. The minimum atomic E-state index is -3.44. The van der Waals surface area contributed by atoms with E-state index in [0.29, 0.717) is 17.2 Å². The monoisotopic (exact) mass is 313 g/mol. The third-order valence-electron chi connectivity index (χ3n) is 2.60. The lowest BCUT2D eigenvalue weighted by Crippen LogP contribution is -2.27. The van der Waals surface area contributed by atoms with Gasteiger partial charge in [-0.1, -0.05) is 0 Å². The second-order valence-corrected chi connectivity index (χ2v) is 7.48. The van der Waals surface area contributed by atoms with Gasteiger partial charge in [0.15, 0.2) is 0 Å². The zero-order valence-electron chi connectivity index (χ0n) is 10.9. The molecule has 6 nitrogen and oxygen atoms in total. The smallest absolute Gasteiger partial charge is 0.266 e. The molecule has 8 heteroatoms. The zero-order valence-corrected chi connectivity index (χ0v) is 12.6. The maximum absolute atomic E-state index is 11.9. The molecule has 0 amide bonds. The van der Waals surface area contributed by atoms with E-state index in [1.54, 1.807) is 18.2 Å². The van der Waals surface area contributed by atoms with Crippen LogP contribution in [-0.2, 0) is 16.6 Å². The Balaban J connectivity index is 1.87. The van der Waals surface area contributed by atoms with Gasteiger partial charge in [-0.25, -0.2) is 17.8 Å².